The highest BCUT2D eigenvalue weighted by atomic mass is 32.1. The Balaban J connectivity index is 1.76. The van der Waals surface area contributed by atoms with Gasteiger partial charge in [0.15, 0.2) is 5.78 Å². The second-order valence-corrected chi connectivity index (χ2v) is 7.49. The number of ketones is 1. The van der Waals surface area contributed by atoms with Crippen LogP contribution < -0.4 is 0 Å². The van der Waals surface area contributed by atoms with Gasteiger partial charge in [-0.05, 0) is 36.8 Å². The lowest BCUT2D eigenvalue weighted by molar-refractivity contribution is -0.116. The van der Waals surface area contributed by atoms with Crippen molar-refractivity contribution >= 4 is 17.1 Å². The molecule has 0 N–H and O–H groups in total. The third-order valence-electron chi connectivity index (χ3n) is 4.93. The number of benzene rings is 1. The Hall–Kier alpha value is -2.13. The Morgan fingerprint density at radius 1 is 1.12 bits per heavy atom. The molecule has 122 valence electrons. The number of carbonyl (C=O) groups is 1. The summed E-state index contributed by atoms with van der Waals surface area (Å²) >= 11 is 1.74. The molecule has 24 heavy (non-hydrogen) atoms. The molecule has 2 aromatic rings. The normalized spacial score (nSPS) is 20.9. The first-order chi connectivity index (χ1) is 11.7. The molecule has 0 spiro atoms. The molecule has 3 heteroatoms. The van der Waals surface area contributed by atoms with E-state index >= 15 is 0 Å². The average Bonchev–Trinajstić information content (AvgIpc) is 3.13. The predicted molar refractivity (Wildman–Crippen MR) is 98.7 cm³/mol. The number of rotatable bonds is 3. The van der Waals surface area contributed by atoms with Gasteiger partial charge in [0.1, 0.15) is 0 Å². The summed E-state index contributed by atoms with van der Waals surface area (Å²) in [6, 6.07) is 14.7. The summed E-state index contributed by atoms with van der Waals surface area (Å²) in [5.74, 6) is 0.469. The van der Waals surface area contributed by atoms with Gasteiger partial charge in [0.2, 0.25) is 0 Å². The van der Waals surface area contributed by atoms with Crippen molar-refractivity contribution in [1.29, 1.82) is 0 Å². The fourth-order valence-electron chi connectivity index (χ4n) is 3.79. The van der Waals surface area contributed by atoms with Gasteiger partial charge >= 0.3 is 0 Å². The van der Waals surface area contributed by atoms with E-state index in [-0.39, 0.29) is 5.92 Å². The largest absolute Gasteiger partial charge is 0.344 e. The molecule has 1 aromatic heterocycles. The summed E-state index contributed by atoms with van der Waals surface area (Å²) in [5.41, 5.74) is 4.81. The molecule has 2 aliphatic rings. The van der Waals surface area contributed by atoms with Gasteiger partial charge in [-0.2, -0.15) is 0 Å². The van der Waals surface area contributed by atoms with Gasteiger partial charge in [0.25, 0.3) is 0 Å². The van der Waals surface area contributed by atoms with Crippen molar-refractivity contribution in [3.05, 3.63) is 81.3 Å². The minimum absolute atomic E-state index is 0.139. The van der Waals surface area contributed by atoms with Crippen molar-refractivity contribution in [3.63, 3.8) is 0 Å². The lowest BCUT2D eigenvalue weighted by Crippen LogP contribution is -2.32. The van der Waals surface area contributed by atoms with E-state index in [1.54, 1.807) is 11.3 Å². The third kappa shape index (κ3) is 2.73. The molecule has 4 rings (SSSR count). The molecule has 0 saturated heterocycles. The topological polar surface area (TPSA) is 20.3 Å². The molecule has 0 saturated carbocycles. The first-order valence-electron chi connectivity index (χ1n) is 8.53. The smallest absolute Gasteiger partial charge is 0.161 e. The van der Waals surface area contributed by atoms with Crippen LogP contribution in [-0.2, 0) is 11.3 Å². The summed E-state index contributed by atoms with van der Waals surface area (Å²) in [7, 11) is 0. The average molecular weight is 335 g/mol. The SMILES string of the molecule is CC1=CC(c2cccs2)C2=C(CCCC2=O)N1Cc1ccccc1. The van der Waals surface area contributed by atoms with Crippen molar-refractivity contribution in [3.8, 4) is 0 Å². The lowest BCUT2D eigenvalue weighted by atomic mass is 9.81. The Kier molecular flexibility index (Phi) is 4.11. The fraction of sp³-hybridized carbons (Fsp3) is 0.286. The van der Waals surface area contributed by atoms with Crippen molar-refractivity contribution in [2.75, 3.05) is 0 Å². The molecule has 0 amide bonds. The van der Waals surface area contributed by atoms with Crippen molar-refractivity contribution in [2.24, 2.45) is 0 Å². The van der Waals surface area contributed by atoms with Crippen LogP contribution in [0.3, 0.4) is 0 Å². The van der Waals surface area contributed by atoms with Gasteiger partial charge in [0, 0.05) is 40.7 Å². The number of hydrogen-bond acceptors (Lipinski definition) is 3. The zero-order chi connectivity index (χ0) is 16.5. The summed E-state index contributed by atoms with van der Waals surface area (Å²) in [6.45, 7) is 3.01. The molecule has 2 nitrogen and oxygen atoms in total. The Morgan fingerprint density at radius 3 is 2.71 bits per heavy atom. The van der Waals surface area contributed by atoms with Crippen LogP contribution >= 0.6 is 11.3 Å². The summed E-state index contributed by atoms with van der Waals surface area (Å²) in [4.78, 5) is 16.4. The third-order valence-corrected chi connectivity index (χ3v) is 5.89. The standard InChI is InChI=1S/C21H21NOS/c1-15-13-17(20-11-6-12-24-20)21-18(9-5-10-19(21)23)22(15)14-16-7-3-2-4-8-16/h2-4,6-8,11-13,17H,5,9-10,14H2,1H3. The predicted octanol–water partition coefficient (Wildman–Crippen LogP) is 5.26. The van der Waals surface area contributed by atoms with Gasteiger partial charge < -0.3 is 4.90 Å². The number of thiophene rings is 1. The van der Waals surface area contributed by atoms with Crippen LogP contribution in [0, 0.1) is 0 Å². The van der Waals surface area contributed by atoms with E-state index in [4.69, 9.17) is 0 Å². The highest BCUT2D eigenvalue weighted by Gasteiger charge is 2.34. The minimum Gasteiger partial charge on any atom is -0.344 e. The number of carbonyl (C=O) groups excluding carboxylic acids is 1. The maximum atomic E-state index is 12.7. The molecule has 0 fully saturated rings. The van der Waals surface area contributed by atoms with Gasteiger partial charge in [-0.1, -0.05) is 42.5 Å². The molecular formula is C21H21NOS. The molecule has 0 radical (unpaired) electrons. The van der Waals surface area contributed by atoms with Gasteiger partial charge in [-0.25, -0.2) is 0 Å². The van der Waals surface area contributed by atoms with Crippen LogP contribution in [0.2, 0.25) is 0 Å². The van der Waals surface area contributed by atoms with E-state index in [0.29, 0.717) is 12.2 Å². The lowest BCUT2D eigenvalue weighted by Gasteiger charge is -2.38. The van der Waals surface area contributed by atoms with E-state index < -0.39 is 0 Å². The molecule has 2 heterocycles. The van der Waals surface area contributed by atoms with E-state index in [2.05, 4.69) is 59.7 Å². The molecule has 0 bridgehead atoms. The molecule has 1 aromatic carbocycles. The molecule has 1 aliphatic heterocycles. The number of allylic oxidation sites excluding steroid dienone is 4. The van der Waals surface area contributed by atoms with Crippen molar-refractivity contribution < 1.29 is 4.79 Å². The number of hydrogen-bond donors (Lipinski definition) is 0. The number of nitrogens with zero attached hydrogens (tertiary/aromatic N) is 1. The van der Waals surface area contributed by atoms with Gasteiger partial charge in [-0.15, -0.1) is 11.3 Å². The number of Topliss-reactive ketones (excluding diaryl/α,β-unsaturated/α-hetero) is 1. The van der Waals surface area contributed by atoms with Gasteiger partial charge in [0.05, 0.1) is 0 Å². The van der Waals surface area contributed by atoms with E-state index in [9.17, 15) is 4.79 Å². The fourth-order valence-corrected chi connectivity index (χ4v) is 4.59. The monoisotopic (exact) mass is 335 g/mol. The zero-order valence-corrected chi connectivity index (χ0v) is 14.7. The quantitative estimate of drug-likeness (QED) is 0.762. The zero-order valence-electron chi connectivity index (χ0n) is 13.9. The van der Waals surface area contributed by atoms with Crippen LogP contribution in [0.4, 0.5) is 0 Å². The van der Waals surface area contributed by atoms with E-state index in [0.717, 1.165) is 25.0 Å². The van der Waals surface area contributed by atoms with E-state index in [1.165, 1.54) is 21.8 Å². The van der Waals surface area contributed by atoms with Crippen molar-refractivity contribution in [2.45, 2.75) is 38.6 Å². The maximum Gasteiger partial charge on any atom is 0.161 e. The van der Waals surface area contributed by atoms with Gasteiger partial charge in [-0.3, -0.25) is 4.79 Å². The Morgan fingerprint density at radius 2 is 1.96 bits per heavy atom. The van der Waals surface area contributed by atoms with Crippen molar-refractivity contribution in [1.82, 2.24) is 4.90 Å². The molecule has 1 unspecified atom stereocenters. The highest BCUT2D eigenvalue weighted by Crippen LogP contribution is 2.43. The van der Waals surface area contributed by atoms with Crippen LogP contribution in [-0.4, -0.2) is 10.7 Å². The summed E-state index contributed by atoms with van der Waals surface area (Å²) < 4.78 is 0. The van der Waals surface area contributed by atoms with Crippen LogP contribution in [0.15, 0.2) is 70.9 Å². The second kappa shape index (κ2) is 6.40. The molecule has 1 atom stereocenters. The minimum atomic E-state index is 0.139. The molecule has 1 aliphatic carbocycles. The summed E-state index contributed by atoms with van der Waals surface area (Å²) in [6.07, 6.45) is 4.93. The first kappa shape index (κ1) is 15.4. The second-order valence-electron chi connectivity index (χ2n) is 6.51. The van der Waals surface area contributed by atoms with Crippen LogP contribution in [0.1, 0.15) is 42.5 Å². The van der Waals surface area contributed by atoms with Crippen LogP contribution in [0.25, 0.3) is 0 Å². The first-order valence-corrected chi connectivity index (χ1v) is 9.41. The summed E-state index contributed by atoms with van der Waals surface area (Å²) in [5, 5.41) is 2.10. The molecular weight excluding hydrogens is 314 g/mol. The maximum absolute atomic E-state index is 12.7. The highest BCUT2D eigenvalue weighted by molar-refractivity contribution is 7.10. The Bertz CT molecular complexity index is 802. The van der Waals surface area contributed by atoms with E-state index in [1.807, 2.05) is 6.07 Å². The Labute approximate surface area is 147 Å². The van der Waals surface area contributed by atoms with Crippen LogP contribution in [0.5, 0.6) is 0 Å².